The average molecular weight is 235 g/mol. The smallest absolute Gasteiger partial charge is 0.250 e. The predicted molar refractivity (Wildman–Crippen MR) is 57.3 cm³/mol. The first-order valence-electron chi connectivity index (χ1n) is 4.61. The molecule has 0 heterocycles. The molecule has 84 valence electrons. The molecule has 0 aliphatic heterocycles. The predicted octanol–water partition coefficient (Wildman–Crippen LogP) is 2.19. The van der Waals surface area contributed by atoms with Crippen LogP contribution in [0, 0.1) is 0 Å². The van der Waals surface area contributed by atoms with Crippen molar-refractivity contribution in [3.8, 4) is 0 Å². The topological polar surface area (TPSA) is 38.0 Å². The highest BCUT2D eigenvalue weighted by atomic mass is 35.5. The van der Waals surface area contributed by atoms with Crippen LogP contribution in [0.1, 0.15) is 11.6 Å². The Labute approximate surface area is 92.4 Å². The molecule has 15 heavy (non-hydrogen) atoms. The summed E-state index contributed by atoms with van der Waals surface area (Å²) in [6, 6.07) is 6.75. The summed E-state index contributed by atoms with van der Waals surface area (Å²) in [5.41, 5.74) is 6.25. The molecule has 5 heteroatoms. The SMILES string of the molecule is NCC(NCC(F)F)c1ccccc1Cl. The molecule has 1 rings (SSSR count). The van der Waals surface area contributed by atoms with E-state index in [-0.39, 0.29) is 19.1 Å². The fraction of sp³-hybridized carbons (Fsp3) is 0.400. The lowest BCUT2D eigenvalue weighted by Crippen LogP contribution is -2.31. The zero-order chi connectivity index (χ0) is 11.3. The van der Waals surface area contributed by atoms with Crippen molar-refractivity contribution in [3.05, 3.63) is 34.9 Å². The van der Waals surface area contributed by atoms with Gasteiger partial charge in [0, 0.05) is 17.6 Å². The molecule has 3 N–H and O–H groups in total. The van der Waals surface area contributed by atoms with Crippen LogP contribution >= 0.6 is 11.6 Å². The maximum atomic E-state index is 12.0. The van der Waals surface area contributed by atoms with Gasteiger partial charge in [-0.1, -0.05) is 29.8 Å². The number of halogens is 3. The van der Waals surface area contributed by atoms with Crippen molar-refractivity contribution in [2.45, 2.75) is 12.5 Å². The van der Waals surface area contributed by atoms with Crippen LogP contribution in [0.15, 0.2) is 24.3 Å². The second-order valence-corrected chi connectivity index (χ2v) is 3.52. The number of nitrogens with two attached hydrogens (primary N) is 1. The van der Waals surface area contributed by atoms with Crippen molar-refractivity contribution < 1.29 is 8.78 Å². The Morgan fingerprint density at radius 3 is 2.53 bits per heavy atom. The van der Waals surface area contributed by atoms with Gasteiger partial charge in [-0.2, -0.15) is 0 Å². The first kappa shape index (κ1) is 12.4. The van der Waals surface area contributed by atoms with Gasteiger partial charge in [0.15, 0.2) is 0 Å². The summed E-state index contributed by atoms with van der Waals surface area (Å²) < 4.78 is 24.0. The zero-order valence-corrected chi connectivity index (χ0v) is 8.85. The summed E-state index contributed by atoms with van der Waals surface area (Å²) in [5, 5.41) is 3.20. The summed E-state index contributed by atoms with van der Waals surface area (Å²) in [7, 11) is 0. The molecule has 0 amide bonds. The molecule has 1 unspecified atom stereocenters. The summed E-state index contributed by atoms with van der Waals surface area (Å²) in [4.78, 5) is 0. The average Bonchev–Trinajstić information content (AvgIpc) is 2.21. The number of hydrogen-bond donors (Lipinski definition) is 2. The fourth-order valence-corrected chi connectivity index (χ4v) is 1.58. The third-order valence-electron chi connectivity index (χ3n) is 2.03. The first-order chi connectivity index (χ1) is 7.15. The van der Waals surface area contributed by atoms with Gasteiger partial charge in [-0.15, -0.1) is 0 Å². The van der Waals surface area contributed by atoms with Crippen LogP contribution in [0.2, 0.25) is 5.02 Å². The van der Waals surface area contributed by atoms with Crippen LogP contribution in [0.3, 0.4) is 0 Å². The van der Waals surface area contributed by atoms with Crippen LogP contribution in [-0.2, 0) is 0 Å². The molecule has 0 spiro atoms. The van der Waals surface area contributed by atoms with Crippen LogP contribution < -0.4 is 11.1 Å². The van der Waals surface area contributed by atoms with E-state index in [0.29, 0.717) is 5.02 Å². The van der Waals surface area contributed by atoms with E-state index in [2.05, 4.69) is 5.32 Å². The van der Waals surface area contributed by atoms with E-state index in [1.54, 1.807) is 24.3 Å². The van der Waals surface area contributed by atoms with Crippen LogP contribution in [-0.4, -0.2) is 19.5 Å². The van der Waals surface area contributed by atoms with E-state index in [1.165, 1.54) is 0 Å². The van der Waals surface area contributed by atoms with Gasteiger partial charge in [0.2, 0.25) is 0 Å². The molecule has 0 aliphatic rings. The molecule has 0 aliphatic carbocycles. The minimum absolute atomic E-state index is 0.233. The summed E-state index contributed by atoms with van der Waals surface area (Å²) in [6.07, 6.45) is -2.39. The molecule has 1 atom stereocenters. The van der Waals surface area contributed by atoms with Crippen LogP contribution in [0.25, 0.3) is 0 Å². The van der Waals surface area contributed by atoms with Gasteiger partial charge in [-0.05, 0) is 11.6 Å². The second-order valence-electron chi connectivity index (χ2n) is 3.11. The van der Waals surface area contributed by atoms with Gasteiger partial charge < -0.3 is 11.1 Å². The Kier molecular flexibility index (Phi) is 4.94. The molecule has 0 bridgehead atoms. The van der Waals surface area contributed by atoms with Crippen LogP contribution in [0.4, 0.5) is 8.78 Å². The lowest BCUT2D eigenvalue weighted by atomic mass is 10.1. The van der Waals surface area contributed by atoms with Gasteiger partial charge in [0.1, 0.15) is 0 Å². The first-order valence-corrected chi connectivity index (χ1v) is 4.99. The van der Waals surface area contributed by atoms with Crippen LogP contribution in [0.5, 0.6) is 0 Å². The normalized spacial score (nSPS) is 13.1. The van der Waals surface area contributed by atoms with Crippen molar-refractivity contribution in [2.75, 3.05) is 13.1 Å². The van der Waals surface area contributed by atoms with Gasteiger partial charge in [0.25, 0.3) is 6.43 Å². The molecule has 0 fully saturated rings. The minimum atomic E-state index is -2.39. The van der Waals surface area contributed by atoms with E-state index in [9.17, 15) is 8.78 Å². The highest BCUT2D eigenvalue weighted by molar-refractivity contribution is 6.31. The van der Waals surface area contributed by atoms with Crippen molar-refractivity contribution in [1.29, 1.82) is 0 Å². The largest absolute Gasteiger partial charge is 0.329 e. The van der Waals surface area contributed by atoms with E-state index >= 15 is 0 Å². The maximum absolute atomic E-state index is 12.0. The Bertz CT molecular complexity index is 307. The minimum Gasteiger partial charge on any atom is -0.329 e. The molecule has 0 aromatic heterocycles. The Morgan fingerprint density at radius 1 is 1.33 bits per heavy atom. The van der Waals surface area contributed by atoms with E-state index in [0.717, 1.165) is 5.56 Å². The Hall–Kier alpha value is -0.710. The highest BCUT2D eigenvalue weighted by Gasteiger charge is 2.13. The number of alkyl halides is 2. The number of rotatable bonds is 5. The second kappa shape index (κ2) is 6.00. The molecular weight excluding hydrogens is 222 g/mol. The maximum Gasteiger partial charge on any atom is 0.250 e. The highest BCUT2D eigenvalue weighted by Crippen LogP contribution is 2.21. The zero-order valence-electron chi connectivity index (χ0n) is 8.09. The lowest BCUT2D eigenvalue weighted by Gasteiger charge is -2.18. The van der Waals surface area contributed by atoms with Crippen molar-refractivity contribution in [1.82, 2.24) is 5.32 Å². The van der Waals surface area contributed by atoms with Gasteiger partial charge in [-0.3, -0.25) is 0 Å². The third-order valence-corrected chi connectivity index (χ3v) is 2.38. The van der Waals surface area contributed by atoms with Crippen molar-refractivity contribution in [3.63, 3.8) is 0 Å². The number of hydrogen-bond acceptors (Lipinski definition) is 2. The molecule has 1 aromatic carbocycles. The van der Waals surface area contributed by atoms with Gasteiger partial charge in [0.05, 0.1) is 6.54 Å². The molecule has 2 nitrogen and oxygen atoms in total. The molecule has 0 saturated heterocycles. The van der Waals surface area contributed by atoms with Crippen molar-refractivity contribution >= 4 is 11.6 Å². The molecule has 0 radical (unpaired) electrons. The standard InChI is InChI=1S/C10H13ClF2N2/c11-8-4-2-1-3-7(8)9(5-14)15-6-10(12)13/h1-4,9-10,15H,5-6,14H2. The number of benzene rings is 1. The van der Waals surface area contributed by atoms with Gasteiger partial charge in [-0.25, -0.2) is 8.78 Å². The molecule has 1 aromatic rings. The number of nitrogens with one attached hydrogen (secondary N) is 1. The van der Waals surface area contributed by atoms with E-state index in [1.807, 2.05) is 0 Å². The molecular formula is C10H13ClF2N2. The summed E-state index contributed by atoms with van der Waals surface area (Å²) in [5.74, 6) is 0. The van der Waals surface area contributed by atoms with Gasteiger partial charge >= 0.3 is 0 Å². The lowest BCUT2D eigenvalue weighted by molar-refractivity contribution is 0.141. The van der Waals surface area contributed by atoms with E-state index < -0.39 is 6.43 Å². The Morgan fingerprint density at radius 2 is 2.00 bits per heavy atom. The van der Waals surface area contributed by atoms with Crippen molar-refractivity contribution in [2.24, 2.45) is 5.73 Å². The molecule has 0 saturated carbocycles. The summed E-state index contributed by atoms with van der Waals surface area (Å²) >= 11 is 5.93. The third kappa shape index (κ3) is 3.74. The Balaban J connectivity index is 2.70. The summed E-state index contributed by atoms with van der Waals surface area (Å²) in [6.45, 7) is -0.149. The fourth-order valence-electron chi connectivity index (χ4n) is 1.31. The monoisotopic (exact) mass is 234 g/mol. The van der Waals surface area contributed by atoms with E-state index in [4.69, 9.17) is 17.3 Å². The quantitative estimate of drug-likeness (QED) is 0.820.